The summed E-state index contributed by atoms with van der Waals surface area (Å²) in [5.74, 6) is 0.802. The molecule has 1 amide bonds. The monoisotopic (exact) mass is 336 g/mol. The van der Waals surface area contributed by atoms with Crippen LogP contribution in [0.15, 0.2) is 18.2 Å². The number of nitrogens with one attached hydrogen (secondary N) is 2. The molecule has 132 valence electrons. The Hall–Kier alpha value is -2.28. The van der Waals surface area contributed by atoms with Crippen molar-refractivity contribution in [3.8, 4) is 11.5 Å². The van der Waals surface area contributed by atoms with E-state index in [0.717, 1.165) is 5.56 Å². The van der Waals surface area contributed by atoms with Gasteiger partial charge in [-0.2, -0.15) is 0 Å². The topological polar surface area (TPSA) is 85.9 Å². The fraction of sp³-hybridized carbons (Fsp3) is 0.529. The number of hydrogen-bond donors (Lipinski definition) is 2. The standard InChI is InChI=1S/C17H24N2O5/c1-10(2)16(18-3)17(21)19-12(8-15(20)22-4)11-5-6-13-14(7-11)24-9-23-13/h5-7,10,12,16,18H,8-9H2,1-4H3,(H,19,21)/t12-,16-/m0/s1. The highest BCUT2D eigenvalue weighted by Gasteiger charge is 2.26. The summed E-state index contributed by atoms with van der Waals surface area (Å²) in [5, 5.41) is 5.92. The predicted octanol–water partition coefficient (Wildman–Crippen LogP) is 1.38. The summed E-state index contributed by atoms with van der Waals surface area (Å²) < 4.78 is 15.4. The van der Waals surface area contributed by atoms with Crippen molar-refractivity contribution in [3.05, 3.63) is 23.8 Å². The molecular formula is C17H24N2O5. The molecule has 0 aliphatic carbocycles. The van der Waals surface area contributed by atoms with Crippen molar-refractivity contribution in [2.45, 2.75) is 32.4 Å². The number of ether oxygens (including phenoxy) is 3. The van der Waals surface area contributed by atoms with Crippen molar-refractivity contribution in [1.82, 2.24) is 10.6 Å². The molecule has 24 heavy (non-hydrogen) atoms. The molecule has 1 aromatic carbocycles. The maximum atomic E-state index is 12.5. The van der Waals surface area contributed by atoms with Crippen molar-refractivity contribution < 1.29 is 23.8 Å². The highest BCUT2D eigenvalue weighted by Crippen LogP contribution is 2.35. The molecule has 7 heteroatoms. The molecule has 0 saturated heterocycles. The molecule has 0 fully saturated rings. The number of carbonyl (C=O) groups is 2. The number of methoxy groups -OCH3 is 1. The Balaban J connectivity index is 2.21. The summed E-state index contributed by atoms with van der Waals surface area (Å²) in [5.41, 5.74) is 0.761. The number of benzene rings is 1. The molecule has 0 radical (unpaired) electrons. The molecule has 7 nitrogen and oxygen atoms in total. The third-order valence-electron chi connectivity index (χ3n) is 3.97. The second kappa shape index (κ2) is 8.01. The summed E-state index contributed by atoms with van der Waals surface area (Å²) in [6, 6.07) is 4.50. The zero-order valence-corrected chi connectivity index (χ0v) is 14.4. The van der Waals surface area contributed by atoms with E-state index in [9.17, 15) is 9.59 Å². The van der Waals surface area contributed by atoms with Crippen LogP contribution in [0.2, 0.25) is 0 Å². The maximum absolute atomic E-state index is 12.5. The summed E-state index contributed by atoms with van der Waals surface area (Å²) in [4.78, 5) is 24.3. The van der Waals surface area contributed by atoms with Crippen molar-refractivity contribution in [2.24, 2.45) is 5.92 Å². The van der Waals surface area contributed by atoms with Gasteiger partial charge in [-0.3, -0.25) is 9.59 Å². The Bertz CT molecular complexity index is 603. The highest BCUT2D eigenvalue weighted by molar-refractivity contribution is 5.83. The zero-order valence-electron chi connectivity index (χ0n) is 14.4. The van der Waals surface area contributed by atoms with E-state index < -0.39 is 12.0 Å². The van der Waals surface area contributed by atoms with Gasteiger partial charge in [0, 0.05) is 0 Å². The molecule has 2 atom stereocenters. The lowest BCUT2D eigenvalue weighted by Gasteiger charge is -2.24. The van der Waals surface area contributed by atoms with Crippen molar-refractivity contribution in [3.63, 3.8) is 0 Å². The fourth-order valence-electron chi connectivity index (χ4n) is 2.66. The van der Waals surface area contributed by atoms with Gasteiger partial charge in [0.2, 0.25) is 12.7 Å². The molecule has 1 aliphatic heterocycles. The first-order chi connectivity index (χ1) is 11.5. The van der Waals surface area contributed by atoms with Crippen LogP contribution in [0.4, 0.5) is 0 Å². The van der Waals surface area contributed by atoms with Gasteiger partial charge in [-0.15, -0.1) is 0 Å². The number of fused-ring (bicyclic) bond motifs is 1. The van der Waals surface area contributed by atoms with E-state index in [1.54, 1.807) is 19.2 Å². The molecule has 1 aliphatic rings. The molecule has 2 rings (SSSR count). The summed E-state index contributed by atoms with van der Waals surface area (Å²) in [7, 11) is 3.06. The Morgan fingerprint density at radius 2 is 1.96 bits per heavy atom. The lowest BCUT2D eigenvalue weighted by Crippen LogP contribution is -2.47. The third-order valence-corrected chi connectivity index (χ3v) is 3.97. The highest BCUT2D eigenvalue weighted by atomic mass is 16.7. The second-order valence-electron chi connectivity index (χ2n) is 5.96. The van der Waals surface area contributed by atoms with E-state index in [0.29, 0.717) is 11.5 Å². The van der Waals surface area contributed by atoms with Gasteiger partial charge in [-0.05, 0) is 30.7 Å². The predicted molar refractivity (Wildman–Crippen MR) is 87.8 cm³/mol. The van der Waals surface area contributed by atoms with Crippen LogP contribution in [0.5, 0.6) is 11.5 Å². The summed E-state index contributed by atoms with van der Waals surface area (Å²) in [6.45, 7) is 4.08. The number of carbonyl (C=O) groups excluding carboxylic acids is 2. The minimum absolute atomic E-state index is 0.0381. The number of rotatable bonds is 7. The Morgan fingerprint density at radius 1 is 1.25 bits per heavy atom. The molecule has 0 saturated carbocycles. The van der Waals surface area contributed by atoms with Crippen LogP contribution in [0.25, 0.3) is 0 Å². The van der Waals surface area contributed by atoms with Gasteiger partial charge in [0.05, 0.1) is 25.6 Å². The van der Waals surface area contributed by atoms with Crippen LogP contribution in [0, 0.1) is 5.92 Å². The number of likely N-dealkylation sites (N-methyl/N-ethyl adjacent to an activating group) is 1. The number of amides is 1. The first kappa shape index (κ1) is 18.1. The van der Waals surface area contributed by atoms with Crippen LogP contribution >= 0.6 is 0 Å². The Morgan fingerprint density at radius 3 is 2.58 bits per heavy atom. The first-order valence-electron chi connectivity index (χ1n) is 7.90. The molecule has 1 aromatic rings. The van der Waals surface area contributed by atoms with Gasteiger partial charge in [0.25, 0.3) is 0 Å². The van der Waals surface area contributed by atoms with Gasteiger partial charge in [0.1, 0.15) is 0 Å². The average molecular weight is 336 g/mol. The maximum Gasteiger partial charge on any atom is 0.307 e. The van der Waals surface area contributed by atoms with Crippen molar-refractivity contribution in [1.29, 1.82) is 0 Å². The smallest absolute Gasteiger partial charge is 0.307 e. The number of hydrogen-bond acceptors (Lipinski definition) is 6. The van der Waals surface area contributed by atoms with E-state index in [2.05, 4.69) is 10.6 Å². The molecular weight excluding hydrogens is 312 g/mol. The van der Waals surface area contributed by atoms with Gasteiger partial charge in [-0.1, -0.05) is 19.9 Å². The zero-order chi connectivity index (χ0) is 17.7. The molecule has 0 unspecified atom stereocenters. The second-order valence-corrected chi connectivity index (χ2v) is 5.96. The Kier molecular flexibility index (Phi) is 6.03. The van der Waals surface area contributed by atoms with Gasteiger partial charge >= 0.3 is 5.97 Å². The van der Waals surface area contributed by atoms with Crippen LogP contribution in [0.3, 0.4) is 0 Å². The van der Waals surface area contributed by atoms with E-state index in [1.165, 1.54) is 7.11 Å². The number of esters is 1. The molecule has 0 aromatic heterocycles. The SMILES string of the molecule is CN[C@H](C(=O)N[C@@H](CC(=O)OC)c1ccc2c(c1)OCO2)C(C)C. The first-order valence-corrected chi connectivity index (χ1v) is 7.90. The van der Waals surface area contributed by atoms with E-state index >= 15 is 0 Å². The van der Waals surface area contributed by atoms with Crippen molar-refractivity contribution >= 4 is 11.9 Å². The van der Waals surface area contributed by atoms with E-state index in [1.807, 2.05) is 19.9 Å². The summed E-state index contributed by atoms with van der Waals surface area (Å²) >= 11 is 0. The lowest BCUT2D eigenvalue weighted by atomic mass is 10.00. The van der Waals surface area contributed by atoms with Crippen LogP contribution in [-0.2, 0) is 14.3 Å². The third kappa shape index (κ3) is 4.17. The quantitative estimate of drug-likeness (QED) is 0.732. The van der Waals surface area contributed by atoms with E-state index in [4.69, 9.17) is 14.2 Å². The van der Waals surface area contributed by atoms with E-state index in [-0.39, 0.29) is 31.1 Å². The average Bonchev–Trinajstić information content (AvgIpc) is 3.01. The van der Waals surface area contributed by atoms with Crippen LogP contribution < -0.4 is 20.1 Å². The molecule has 1 heterocycles. The lowest BCUT2D eigenvalue weighted by molar-refractivity contribution is -0.141. The fourth-order valence-corrected chi connectivity index (χ4v) is 2.66. The van der Waals surface area contributed by atoms with Gasteiger partial charge in [0.15, 0.2) is 11.5 Å². The largest absolute Gasteiger partial charge is 0.469 e. The summed E-state index contributed by atoms with van der Waals surface area (Å²) in [6.07, 6.45) is 0.0381. The van der Waals surface area contributed by atoms with Gasteiger partial charge in [-0.25, -0.2) is 0 Å². The molecule has 2 N–H and O–H groups in total. The van der Waals surface area contributed by atoms with Crippen LogP contribution in [0.1, 0.15) is 31.9 Å². The van der Waals surface area contributed by atoms with Crippen molar-refractivity contribution in [2.75, 3.05) is 21.0 Å². The minimum Gasteiger partial charge on any atom is -0.469 e. The minimum atomic E-state index is -0.506. The van der Waals surface area contributed by atoms with Crippen LogP contribution in [-0.4, -0.2) is 38.9 Å². The normalized spacial score (nSPS) is 15.0. The molecule has 0 spiro atoms. The Labute approximate surface area is 141 Å². The van der Waals surface area contributed by atoms with Gasteiger partial charge < -0.3 is 24.8 Å². The molecule has 0 bridgehead atoms.